The number of unbranched alkanes of at least 4 members (excludes halogenated alkanes) is 25. The van der Waals surface area contributed by atoms with Gasteiger partial charge in [-0.1, -0.05) is 202 Å². The van der Waals surface area contributed by atoms with Crippen molar-refractivity contribution in [2.45, 2.75) is 316 Å². The van der Waals surface area contributed by atoms with E-state index in [1.165, 1.54) is 135 Å². The first kappa shape index (κ1) is 69.4. The van der Waals surface area contributed by atoms with Gasteiger partial charge in [0.2, 0.25) is 0 Å². The number of hydrogen-bond acceptors (Lipinski definition) is 10. The van der Waals surface area contributed by atoms with Gasteiger partial charge in [0.05, 0.1) is 43.7 Å². The quantitative estimate of drug-likeness (QED) is 0.0358. The molecule has 1 rings (SSSR count). The second kappa shape index (κ2) is 51.9. The van der Waals surface area contributed by atoms with Gasteiger partial charge in [0, 0.05) is 19.8 Å². The summed E-state index contributed by atoms with van der Waals surface area (Å²) in [5, 5.41) is 11.6. The Kier molecular flexibility index (Phi) is 50.7. The van der Waals surface area contributed by atoms with Crippen molar-refractivity contribution in [3.8, 4) is 0 Å². The lowest BCUT2D eigenvalue weighted by molar-refractivity contribution is -0.156. The van der Waals surface area contributed by atoms with Crippen molar-refractivity contribution in [3.63, 3.8) is 0 Å². The molecule has 0 amide bonds. The van der Waals surface area contributed by atoms with Crippen LogP contribution in [0.15, 0.2) is 0 Å². The van der Waals surface area contributed by atoms with Gasteiger partial charge in [0.25, 0.3) is 0 Å². The zero-order valence-corrected chi connectivity index (χ0v) is 48.1. The summed E-state index contributed by atoms with van der Waals surface area (Å²) in [6.45, 7) is 17.8. The van der Waals surface area contributed by atoms with Crippen LogP contribution in [0, 0.1) is 5.92 Å². The molecule has 0 aliphatic carbocycles. The van der Waals surface area contributed by atoms with Gasteiger partial charge >= 0.3 is 11.9 Å². The summed E-state index contributed by atoms with van der Waals surface area (Å²) >= 11 is 0. The maximum absolute atomic E-state index is 12.7. The summed E-state index contributed by atoms with van der Waals surface area (Å²) in [6, 6.07) is 0. The Morgan fingerprint density at radius 1 is 0.479 bits per heavy atom. The molecule has 1 fully saturated rings. The van der Waals surface area contributed by atoms with Crippen LogP contribution in [-0.2, 0) is 38.1 Å². The van der Waals surface area contributed by atoms with Crippen molar-refractivity contribution in [1.82, 2.24) is 4.90 Å². The number of Topliss-reactive ketones (excluding diaryl/α,β-unsaturated/α-hetero) is 1. The van der Waals surface area contributed by atoms with Crippen molar-refractivity contribution in [2.75, 3.05) is 53.2 Å². The minimum absolute atomic E-state index is 0.0225. The first-order valence-corrected chi connectivity index (χ1v) is 30.6. The SMILES string of the molecule is CCCCCCCCC(CC(=O)OCCCCCCC(O)(CCCCCCC)CCCCOC(=O)C1CCN(C)CC1)OCCCCCCC.CCCCCCCOC(CC(C)=O)OCCCCCCC. The number of ketones is 1. The van der Waals surface area contributed by atoms with E-state index >= 15 is 0 Å². The van der Waals surface area contributed by atoms with Crippen molar-refractivity contribution >= 4 is 17.7 Å². The van der Waals surface area contributed by atoms with E-state index in [1.54, 1.807) is 6.92 Å². The number of likely N-dealkylation sites (tertiary alicyclic amines) is 1. The Bertz CT molecular complexity index is 1130. The maximum Gasteiger partial charge on any atom is 0.309 e. The van der Waals surface area contributed by atoms with Crippen molar-refractivity contribution in [1.29, 1.82) is 0 Å². The third-order valence-corrected chi connectivity index (χ3v) is 14.3. The Labute approximate surface area is 439 Å². The van der Waals surface area contributed by atoms with E-state index in [4.69, 9.17) is 23.7 Å². The van der Waals surface area contributed by atoms with Gasteiger partial charge in [0.1, 0.15) is 5.78 Å². The molecule has 0 aromatic rings. The first-order valence-electron chi connectivity index (χ1n) is 30.6. The molecule has 71 heavy (non-hydrogen) atoms. The number of esters is 2. The first-order chi connectivity index (χ1) is 34.5. The van der Waals surface area contributed by atoms with E-state index < -0.39 is 5.60 Å². The third kappa shape index (κ3) is 46.7. The van der Waals surface area contributed by atoms with E-state index in [9.17, 15) is 19.5 Å². The van der Waals surface area contributed by atoms with Crippen LogP contribution in [0.5, 0.6) is 0 Å². The van der Waals surface area contributed by atoms with Crippen LogP contribution in [0.1, 0.15) is 298 Å². The monoisotopic (exact) mass is 1010 g/mol. The highest BCUT2D eigenvalue weighted by Crippen LogP contribution is 2.29. The Morgan fingerprint density at radius 2 is 0.845 bits per heavy atom. The zero-order valence-electron chi connectivity index (χ0n) is 48.1. The summed E-state index contributed by atoms with van der Waals surface area (Å²) in [4.78, 5) is 38.7. The van der Waals surface area contributed by atoms with Crippen LogP contribution in [0.25, 0.3) is 0 Å². The lowest BCUT2D eigenvalue weighted by Crippen LogP contribution is -2.34. The summed E-state index contributed by atoms with van der Waals surface area (Å²) in [7, 11) is 2.10. The Hall–Kier alpha value is -1.59. The number of aliphatic hydroxyl groups is 1. The highest BCUT2D eigenvalue weighted by atomic mass is 16.7. The lowest BCUT2D eigenvalue weighted by atomic mass is 9.85. The van der Waals surface area contributed by atoms with Crippen molar-refractivity contribution < 1.29 is 43.2 Å². The van der Waals surface area contributed by atoms with Crippen LogP contribution in [0.2, 0.25) is 0 Å². The fourth-order valence-corrected chi connectivity index (χ4v) is 9.46. The molecule has 0 bridgehead atoms. The van der Waals surface area contributed by atoms with Gasteiger partial charge in [-0.3, -0.25) is 14.4 Å². The molecule has 1 N–H and O–H groups in total. The fraction of sp³-hybridized carbons (Fsp3) is 0.951. The molecule has 10 heteroatoms. The average molecular weight is 1010 g/mol. The number of carbonyl (C=O) groups excluding carboxylic acids is 3. The van der Waals surface area contributed by atoms with E-state index in [-0.39, 0.29) is 36.0 Å². The smallest absolute Gasteiger partial charge is 0.309 e. The van der Waals surface area contributed by atoms with Crippen LogP contribution >= 0.6 is 0 Å². The molecule has 0 saturated carbocycles. The van der Waals surface area contributed by atoms with Gasteiger partial charge in [-0.05, 0) is 104 Å². The zero-order chi connectivity index (χ0) is 52.3. The van der Waals surface area contributed by atoms with E-state index in [2.05, 4.69) is 46.6 Å². The second-order valence-corrected chi connectivity index (χ2v) is 21.5. The molecule has 0 aromatic carbocycles. The molecule has 2 unspecified atom stereocenters. The minimum atomic E-state index is -0.641. The fourth-order valence-electron chi connectivity index (χ4n) is 9.46. The standard InChI is InChI=1S/C43H83NO6.C18H36O3/c1-5-8-11-14-15-20-27-40(48-35-24-18-13-10-7-3)38-41(45)49-36-25-19-17-22-31-43(47,30-21-16-12-9-6-2)32-23-26-37-50-42(46)39-28-33-44(4)34-29-39;1-4-6-8-10-12-14-20-18(16-17(3)19)21-15-13-11-9-7-5-2/h39-40,47H,5-38H2,1-4H3;18H,4-16H2,1-3H3. The number of piperidine rings is 1. The molecule has 1 saturated heterocycles. The van der Waals surface area contributed by atoms with Crippen LogP contribution in [-0.4, -0.2) is 98.9 Å². The second-order valence-electron chi connectivity index (χ2n) is 21.5. The summed E-state index contributed by atoms with van der Waals surface area (Å²) < 4.78 is 28.9. The molecule has 1 aliphatic rings. The Balaban J connectivity index is 0.00000195. The van der Waals surface area contributed by atoms with Crippen LogP contribution < -0.4 is 0 Å². The molecule has 422 valence electrons. The molecule has 10 nitrogen and oxygen atoms in total. The predicted molar refractivity (Wildman–Crippen MR) is 297 cm³/mol. The number of carbonyl (C=O) groups is 3. The summed E-state index contributed by atoms with van der Waals surface area (Å²) in [5.74, 6) is 0.0216. The van der Waals surface area contributed by atoms with Gasteiger partial charge in [0.15, 0.2) is 6.29 Å². The minimum Gasteiger partial charge on any atom is -0.466 e. The Morgan fingerprint density at radius 3 is 1.31 bits per heavy atom. The molecule has 2 atom stereocenters. The van der Waals surface area contributed by atoms with Crippen LogP contribution in [0.3, 0.4) is 0 Å². The normalized spacial score (nSPS) is 14.5. The van der Waals surface area contributed by atoms with Gasteiger partial charge in [-0.15, -0.1) is 0 Å². The number of ether oxygens (including phenoxy) is 5. The summed E-state index contributed by atoms with van der Waals surface area (Å²) in [6.07, 6.45) is 42.8. The molecular formula is C61H119NO9. The number of hydrogen-bond donors (Lipinski definition) is 1. The van der Waals surface area contributed by atoms with Gasteiger partial charge in [-0.2, -0.15) is 0 Å². The molecular weight excluding hydrogens is 891 g/mol. The van der Waals surface area contributed by atoms with E-state index in [0.29, 0.717) is 39.3 Å². The molecule has 1 heterocycles. The van der Waals surface area contributed by atoms with Crippen molar-refractivity contribution in [3.05, 3.63) is 0 Å². The van der Waals surface area contributed by atoms with Gasteiger partial charge < -0.3 is 33.7 Å². The average Bonchev–Trinajstić information content (AvgIpc) is 3.35. The molecule has 0 spiro atoms. The maximum atomic E-state index is 12.7. The molecule has 0 aromatic heterocycles. The highest BCUT2D eigenvalue weighted by Gasteiger charge is 2.27. The van der Waals surface area contributed by atoms with Crippen molar-refractivity contribution in [2.24, 2.45) is 5.92 Å². The molecule has 1 aliphatic heterocycles. The lowest BCUT2D eigenvalue weighted by Gasteiger charge is -2.29. The highest BCUT2D eigenvalue weighted by molar-refractivity contribution is 5.75. The summed E-state index contributed by atoms with van der Waals surface area (Å²) in [5.41, 5.74) is -0.641. The number of nitrogens with zero attached hydrogens (tertiary/aromatic N) is 1. The van der Waals surface area contributed by atoms with Crippen LogP contribution in [0.4, 0.5) is 0 Å². The predicted octanol–water partition coefficient (Wildman–Crippen LogP) is 16.4. The third-order valence-electron chi connectivity index (χ3n) is 14.3. The van der Waals surface area contributed by atoms with E-state index in [1.807, 2.05) is 0 Å². The van der Waals surface area contributed by atoms with Gasteiger partial charge in [-0.25, -0.2) is 0 Å². The number of rotatable bonds is 51. The molecule has 0 radical (unpaired) electrons. The van der Waals surface area contributed by atoms with E-state index in [0.717, 1.165) is 129 Å². The largest absolute Gasteiger partial charge is 0.466 e. The topological polar surface area (TPSA) is 121 Å².